The lowest BCUT2D eigenvalue weighted by Gasteiger charge is -2.26. The van der Waals surface area contributed by atoms with Crippen LogP contribution in [0, 0.1) is 5.92 Å². The summed E-state index contributed by atoms with van der Waals surface area (Å²) in [6, 6.07) is 0.231. The Morgan fingerprint density at radius 3 is 2.57 bits per heavy atom. The van der Waals surface area contributed by atoms with Crippen LogP contribution in [0.2, 0.25) is 0 Å². The summed E-state index contributed by atoms with van der Waals surface area (Å²) in [5.74, 6) is 0.388. The minimum absolute atomic E-state index is 0.0283. The van der Waals surface area contributed by atoms with Crippen LogP contribution in [0.25, 0.3) is 0 Å². The Kier molecular flexibility index (Phi) is 2.88. The Hall–Kier alpha value is -1.08. The second-order valence-corrected chi connectivity index (χ2v) is 8.82. The third-order valence-electron chi connectivity index (χ3n) is 4.85. The monoisotopic (exact) mass is 329 g/mol. The molecular weight excluding hydrogens is 314 g/mol. The predicted molar refractivity (Wildman–Crippen MR) is 75.8 cm³/mol. The first kappa shape index (κ1) is 13.6. The van der Waals surface area contributed by atoms with Crippen molar-refractivity contribution in [2.45, 2.75) is 49.0 Å². The molecule has 2 bridgehead atoms. The quantitative estimate of drug-likeness (QED) is 0.858. The van der Waals surface area contributed by atoms with Gasteiger partial charge in [-0.25, -0.2) is 8.42 Å². The van der Waals surface area contributed by atoms with Gasteiger partial charge in [0, 0.05) is 29.2 Å². The van der Waals surface area contributed by atoms with Crippen molar-refractivity contribution in [1.29, 1.82) is 0 Å². The summed E-state index contributed by atoms with van der Waals surface area (Å²) in [6.45, 7) is 0.705. The van der Waals surface area contributed by atoms with E-state index in [9.17, 15) is 13.2 Å². The molecule has 8 heteroatoms. The van der Waals surface area contributed by atoms with E-state index in [1.54, 1.807) is 4.90 Å². The van der Waals surface area contributed by atoms with Crippen molar-refractivity contribution >= 4 is 25.6 Å². The van der Waals surface area contributed by atoms with E-state index >= 15 is 0 Å². The highest BCUT2D eigenvalue weighted by Crippen LogP contribution is 2.44. The van der Waals surface area contributed by atoms with Gasteiger partial charge in [0.05, 0.1) is 5.69 Å². The van der Waals surface area contributed by atoms with Crippen molar-refractivity contribution in [3.63, 3.8) is 0 Å². The third-order valence-corrected chi connectivity index (χ3v) is 6.21. The molecule has 1 N–H and O–H groups in total. The van der Waals surface area contributed by atoms with Crippen molar-refractivity contribution in [2.75, 3.05) is 6.54 Å². The highest BCUT2D eigenvalue weighted by molar-refractivity contribution is 8.13. The molecule has 2 aliphatic carbocycles. The third kappa shape index (κ3) is 2.17. The standard InChI is InChI=1S/C13H16ClN3O3S/c14-21(19,20)12-10(8-2-3-8)15-16-11(12)13(18)17-6-7-1-4-9(17)5-7/h7-9H,1-6H2,(H,15,16). The molecule has 21 heavy (non-hydrogen) atoms. The molecule has 2 unspecified atom stereocenters. The SMILES string of the molecule is O=C(c1n[nH]c(C2CC2)c1S(=O)(=O)Cl)N1CC2CCC1C2. The van der Waals surface area contributed by atoms with Crippen molar-refractivity contribution in [2.24, 2.45) is 5.92 Å². The normalized spacial score (nSPS) is 28.3. The fourth-order valence-electron chi connectivity index (χ4n) is 3.70. The zero-order valence-corrected chi connectivity index (χ0v) is 13.0. The summed E-state index contributed by atoms with van der Waals surface area (Å²) in [7, 11) is 1.57. The number of carbonyl (C=O) groups excluding carboxylic acids is 1. The average molecular weight is 330 g/mol. The van der Waals surface area contributed by atoms with Crippen LogP contribution >= 0.6 is 10.7 Å². The number of H-pyrrole nitrogens is 1. The van der Waals surface area contributed by atoms with Gasteiger partial charge in [-0.15, -0.1) is 0 Å². The molecule has 1 aliphatic heterocycles. The fourth-order valence-corrected chi connectivity index (χ4v) is 5.00. The van der Waals surface area contributed by atoms with Gasteiger partial charge < -0.3 is 4.90 Å². The molecule has 6 nitrogen and oxygen atoms in total. The van der Waals surface area contributed by atoms with Gasteiger partial charge in [0.1, 0.15) is 4.90 Å². The summed E-state index contributed by atoms with van der Waals surface area (Å²) < 4.78 is 23.8. The molecule has 4 rings (SSSR count). The molecule has 3 aliphatic rings. The lowest BCUT2D eigenvalue weighted by molar-refractivity contribution is 0.0693. The Morgan fingerprint density at radius 2 is 2.05 bits per heavy atom. The van der Waals surface area contributed by atoms with Gasteiger partial charge in [-0.3, -0.25) is 9.89 Å². The Balaban J connectivity index is 1.73. The van der Waals surface area contributed by atoms with Gasteiger partial charge in [-0.2, -0.15) is 5.10 Å². The van der Waals surface area contributed by atoms with Gasteiger partial charge in [0.2, 0.25) is 0 Å². The first-order chi connectivity index (χ1) is 9.95. The van der Waals surface area contributed by atoms with E-state index in [0.717, 1.165) is 32.1 Å². The molecule has 1 amide bonds. The number of hydrogen-bond donors (Lipinski definition) is 1. The maximum atomic E-state index is 12.7. The number of piperidine rings is 1. The lowest BCUT2D eigenvalue weighted by atomic mass is 10.1. The van der Waals surface area contributed by atoms with Crippen LogP contribution in [-0.4, -0.2) is 42.0 Å². The summed E-state index contributed by atoms with van der Waals surface area (Å²) >= 11 is 0. The number of hydrogen-bond acceptors (Lipinski definition) is 4. The molecular formula is C13H16ClN3O3S. The molecule has 2 heterocycles. The molecule has 2 atom stereocenters. The van der Waals surface area contributed by atoms with Crippen LogP contribution in [0.15, 0.2) is 4.90 Å². The number of fused-ring (bicyclic) bond motifs is 2. The molecule has 1 aromatic rings. The topological polar surface area (TPSA) is 83.1 Å². The number of rotatable bonds is 3. The fraction of sp³-hybridized carbons (Fsp3) is 0.692. The molecule has 2 saturated carbocycles. The zero-order valence-electron chi connectivity index (χ0n) is 11.4. The molecule has 3 fully saturated rings. The van der Waals surface area contributed by atoms with E-state index in [0.29, 0.717) is 18.2 Å². The first-order valence-electron chi connectivity index (χ1n) is 7.29. The van der Waals surface area contributed by atoms with Crippen LogP contribution in [0.3, 0.4) is 0 Å². The van der Waals surface area contributed by atoms with E-state index < -0.39 is 9.05 Å². The smallest absolute Gasteiger partial charge is 0.276 e. The second kappa shape index (κ2) is 4.46. The minimum atomic E-state index is -3.98. The summed E-state index contributed by atoms with van der Waals surface area (Å²) in [5.41, 5.74) is 0.470. The van der Waals surface area contributed by atoms with Gasteiger partial charge >= 0.3 is 0 Å². The van der Waals surface area contributed by atoms with E-state index in [-0.39, 0.29) is 28.5 Å². The molecule has 0 radical (unpaired) electrons. The van der Waals surface area contributed by atoms with Gasteiger partial charge in [-0.05, 0) is 38.0 Å². The van der Waals surface area contributed by atoms with Crippen LogP contribution in [0.4, 0.5) is 0 Å². The largest absolute Gasteiger partial charge is 0.334 e. The van der Waals surface area contributed by atoms with E-state index in [4.69, 9.17) is 10.7 Å². The lowest BCUT2D eigenvalue weighted by Crippen LogP contribution is -2.38. The Labute approximate surface area is 127 Å². The number of nitrogens with zero attached hydrogens (tertiary/aromatic N) is 2. The van der Waals surface area contributed by atoms with E-state index in [1.165, 1.54) is 0 Å². The molecule has 0 spiro atoms. The zero-order chi connectivity index (χ0) is 14.8. The van der Waals surface area contributed by atoms with Crippen LogP contribution in [-0.2, 0) is 9.05 Å². The van der Waals surface area contributed by atoms with Gasteiger partial charge in [-0.1, -0.05) is 0 Å². The number of nitrogens with one attached hydrogen (secondary N) is 1. The van der Waals surface area contributed by atoms with Gasteiger partial charge in [0.15, 0.2) is 5.69 Å². The number of halogens is 1. The Bertz CT molecular complexity index is 710. The van der Waals surface area contributed by atoms with Crippen LogP contribution in [0.5, 0.6) is 0 Å². The highest BCUT2D eigenvalue weighted by Gasteiger charge is 2.44. The maximum Gasteiger partial charge on any atom is 0.276 e. The first-order valence-corrected chi connectivity index (χ1v) is 9.60. The van der Waals surface area contributed by atoms with E-state index in [1.807, 2.05) is 0 Å². The highest BCUT2D eigenvalue weighted by atomic mass is 35.7. The molecule has 1 aromatic heterocycles. The molecule has 0 aromatic carbocycles. The van der Waals surface area contributed by atoms with Crippen LogP contribution < -0.4 is 0 Å². The van der Waals surface area contributed by atoms with Crippen molar-refractivity contribution in [1.82, 2.24) is 15.1 Å². The minimum Gasteiger partial charge on any atom is -0.334 e. The molecule has 1 saturated heterocycles. The van der Waals surface area contributed by atoms with Crippen molar-refractivity contribution in [3.05, 3.63) is 11.4 Å². The predicted octanol–water partition coefficient (Wildman–Crippen LogP) is 1.84. The number of amides is 1. The molecule has 114 valence electrons. The maximum absolute atomic E-state index is 12.7. The van der Waals surface area contributed by atoms with Crippen molar-refractivity contribution in [3.8, 4) is 0 Å². The Morgan fingerprint density at radius 1 is 1.29 bits per heavy atom. The van der Waals surface area contributed by atoms with E-state index in [2.05, 4.69) is 10.2 Å². The summed E-state index contributed by atoms with van der Waals surface area (Å²) in [6.07, 6.45) is 4.99. The second-order valence-electron chi connectivity index (χ2n) is 6.32. The summed E-state index contributed by atoms with van der Waals surface area (Å²) in [5, 5.41) is 6.72. The average Bonchev–Trinajstić information content (AvgIpc) is 2.90. The van der Waals surface area contributed by atoms with Gasteiger partial charge in [0.25, 0.3) is 15.0 Å². The number of aromatic amines is 1. The summed E-state index contributed by atoms with van der Waals surface area (Å²) in [4.78, 5) is 14.4. The van der Waals surface area contributed by atoms with Crippen LogP contribution in [0.1, 0.15) is 54.2 Å². The number of aromatic nitrogens is 2. The number of carbonyl (C=O) groups is 1. The van der Waals surface area contributed by atoms with Crippen molar-refractivity contribution < 1.29 is 13.2 Å². The number of likely N-dealkylation sites (tertiary alicyclic amines) is 1.